The van der Waals surface area contributed by atoms with E-state index in [4.69, 9.17) is 16.3 Å². The Bertz CT molecular complexity index is 1210. The molecule has 0 spiro atoms. The van der Waals surface area contributed by atoms with Crippen molar-refractivity contribution in [3.63, 3.8) is 0 Å². The minimum Gasteiger partial charge on any atom is -0.437 e. The van der Waals surface area contributed by atoms with Crippen LogP contribution in [0.4, 0.5) is 13.2 Å². The van der Waals surface area contributed by atoms with Gasteiger partial charge in [-0.25, -0.2) is 15.0 Å². The quantitative estimate of drug-likeness (QED) is 0.373. The minimum absolute atomic E-state index is 0.0146. The van der Waals surface area contributed by atoms with E-state index in [1.54, 1.807) is 56.4 Å². The summed E-state index contributed by atoms with van der Waals surface area (Å²) in [5.74, 6) is 0.821. The summed E-state index contributed by atoms with van der Waals surface area (Å²) in [6.45, 7) is 3.58. The van der Waals surface area contributed by atoms with Crippen LogP contribution in [0.3, 0.4) is 0 Å². The van der Waals surface area contributed by atoms with Gasteiger partial charge in [-0.05, 0) is 61.8 Å². The van der Waals surface area contributed by atoms with E-state index in [1.807, 2.05) is 0 Å². The van der Waals surface area contributed by atoms with Gasteiger partial charge in [0.25, 0.3) is 5.88 Å². The lowest BCUT2D eigenvalue weighted by atomic mass is 10.2. The molecule has 4 aromatic rings. The Morgan fingerprint density at radius 1 is 1.03 bits per heavy atom. The first kappa shape index (κ1) is 20.1. The number of halogens is 4. The molecule has 3 aromatic heterocycles. The minimum atomic E-state index is -4.52. The summed E-state index contributed by atoms with van der Waals surface area (Å²) in [5, 5.41) is 0.0146. The van der Waals surface area contributed by atoms with Crippen molar-refractivity contribution in [1.82, 2.24) is 24.5 Å². The highest BCUT2D eigenvalue weighted by Crippen LogP contribution is 2.34. The monoisotopic (exact) mass is 433 g/mol. The van der Waals surface area contributed by atoms with Gasteiger partial charge in [0.05, 0.1) is 5.52 Å². The Kier molecular flexibility index (Phi) is 5.07. The predicted octanol–water partition coefficient (Wildman–Crippen LogP) is 5.93. The zero-order chi connectivity index (χ0) is 21.5. The summed E-state index contributed by atoms with van der Waals surface area (Å²) in [6.07, 6.45) is -1.91. The molecule has 10 heteroatoms. The van der Waals surface area contributed by atoms with Gasteiger partial charge in [-0.2, -0.15) is 18.2 Å². The van der Waals surface area contributed by atoms with Crippen LogP contribution < -0.4 is 4.74 Å². The number of imidazole rings is 1. The van der Waals surface area contributed by atoms with Gasteiger partial charge in [0.2, 0.25) is 5.28 Å². The summed E-state index contributed by atoms with van der Waals surface area (Å²) in [4.78, 5) is 16.2. The van der Waals surface area contributed by atoms with Crippen LogP contribution in [0, 0.1) is 0 Å². The maximum absolute atomic E-state index is 13.1. The smallest absolute Gasteiger partial charge is 0.434 e. The Balaban J connectivity index is 1.67. The van der Waals surface area contributed by atoms with Crippen molar-refractivity contribution >= 4 is 22.6 Å². The molecule has 0 saturated heterocycles. The maximum atomic E-state index is 13.1. The van der Waals surface area contributed by atoms with Crippen molar-refractivity contribution in [1.29, 1.82) is 0 Å². The summed E-state index contributed by atoms with van der Waals surface area (Å²) in [6, 6.07) is 9.76. The second kappa shape index (κ2) is 7.56. The second-order valence-corrected chi connectivity index (χ2v) is 7.08. The zero-order valence-electron chi connectivity index (χ0n) is 15.9. The van der Waals surface area contributed by atoms with Gasteiger partial charge in [0, 0.05) is 24.0 Å². The van der Waals surface area contributed by atoms with Gasteiger partial charge >= 0.3 is 6.18 Å². The molecule has 0 aliphatic heterocycles. The van der Waals surface area contributed by atoms with Crippen molar-refractivity contribution in [2.45, 2.75) is 26.1 Å². The molecule has 0 bridgehead atoms. The molecule has 30 heavy (non-hydrogen) atoms. The normalized spacial score (nSPS) is 12.0. The van der Waals surface area contributed by atoms with Crippen LogP contribution in [0.1, 0.15) is 25.6 Å². The SMILES string of the molecule is CC(C)n1cc(C(F)(F)F)nc1-c1ccc(Oc2nc(Cl)nc3cccnc23)cc1. The molecule has 0 fully saturated rings. The fraction of sp³-hybridized carbons (Fsp3) is 0.200. The van der Waals surface area contributed by atoms with Gasteiger partial charge in [0.1, 0.15) is 11.6 Å². The van der Waals surface area contributed by atoms with E-state index in [0.717, 1.165) is 6.20 Å². The molecular weight excluding hydrogens is 419 g/mol. The lowest BCUT2D eigenvalue weighted by molar-refractivity contribution is -0.140. The number of alkyl halides is 3. The Morgan fingerprint density at radius 2 is 1.77 bits per heavy atom. The molecule has 3 heterocycles. The first-order valence-electron chi connectivity index (χ1n) is 8.95. The second-order valence-electron chi connectivity index (χ2n) is 6.74. The number of rotatable bonds is 4. The summed E-state index contributed by atoms with van der Waals surface area (Å²) in [7, 11) is 0. The molecule has 0 unspecified atom stereocenters. The summed E-state index contributed by atoms with van der Waals surface area (Å²) in [5.41, 5.74) is 0.564. The first-order chi connectivity index (χ1) is 14.2. The van der Waals surface area contributed by atoms with E-state index in [2.05, 4.69) is 19.9 Å². The Morgan fingerprint density at radius 3 is 2.43 bits per heavy atom. The number of pyridine rings is 1. The molecule has 0 saturated carbocycles. The highest BCUT2D eigenvalue weighted by Gasteiger charge is 2.35. The molecular formula is C20H15ClF3N5O. The predicted molar refractivity (Wildman–Crippen MR) is 105 cm³/mol. The van der Waals surface area contributed by atoms with Crippen LogP contribution in [0.5, 0.6) is 11.6 Å². The van der Waals surface area contributed by atoms with Crippen LogP contribution in [0.15, 0.2) is 48.8 Å². The van der Waals surface area contributed by atoms with Crippen molar-refractivity contribution < 1.29 is 17.9 Å². The third kappa shape index (κ3) is 3.93. The number of hydrogen-bond acceptors (Lipinski definition) is 5. The van der Waals surface area contributed by atoms with Gasteiger partial charge in [-0.1, -0.05) is 0 Å². The number of fused-ring (bicyclic) bond motifs is 1. The van der Waals surface area contributed by atoms with Crippen LogP contribution in [0.25, 0.3) is 22.4 Å². The molecule has 6 nitrogen and oxygen atoms in total. The lowest BCUT2D eigenvalue weighted by Crippen LogP contribution is -2.05. The molecule has 0 radical (unpaired) electrons. The third-order valence-electron chi connectivity index (χ3n) is 4.30. The van der Waals surface area contributed by atoms with Gasteiger partial charge in [-0.15, -0.1) is 0 Å². The third-order valence-corrected chi connectivity index (χ3v) is 4.47. The molecule has 0 amide bonds. The van der Waals surface area contributed by atoms with Crippen molar-refractivity contribution in [2.24, 2.45) is 0 Å². The number of aromatic nitrogens is 5. The fourth-order valence-corrected chi connectivity index (χ4v) is 3.07. The number of benzene rings is 1. The molecule has 0 N–H and O–H groups in total. The average molecular weight is 434 g/mol. The van der Waals surface area contributed by atoms with Crippen LogP contribution in [-0.2, 0) is 6.18 Å². The molecule has 0 aliphatic rings. The lowest BCUT2D eigenvalue weighted by Gasteiger charge is -2.12. The highest BCUT2D eigenvalue weighted by atomic mass is 35.5. The maximum Gasteiger partial charge on any atom is 0.434 e. The Hall–Kier alpha value is -3.20. The molecule has 4 rings (SSSR count). The van der Waals surface area contributed by atoms with E-state index in [0.29, 0.717) is 22.3 Å². The van der Waals surface area contributed by atoms with Crippen molar-refractivity contribution in [3.05, 3.63) is 59.8 Å². The van der Waals surface area contributed by atoms with Crippen LogP contribution >= 0.6 is 11.6 Å². The molecule has 0 atom stereocenters. The Labute approximate surface area is 174 Å². The van der Waals surface area contributed by atoms with Crippen LogP contribution in [0.2, 0.25) is 5.28 Å². The van der Waals surface area contributed by atoms with E-state index in [-0.39, 0.29) is 23.0 Å². The largest absolute Gasteiger partial charge is 0.437 e. The van der Waals surface area contributed by atoms with E-state index in [9.17, 15) is 13.2 Å². The molecule has 0 aliphatic carbocycles. The van der Waals surface area contributed by atoms with Crippen molar-refractivity contribution in [2.75, 3.05) is 0 Å². The topological polar surface area (TPSA) is 65.7 Å². The van der Waals surface area contributed by atoms with E-state index in [1.165, 1.54) is 4.57 Å². The van der Waals surface area contributed by atoms with E-state index >= 15 is 0 Å². The first-order valence-corrected chi connectivity index (χ1v) is 9.33. The van der Waals surface area contributed by atoms with Crippen molar-refractivity contribution in [3.8, 4) is 23.0 Å². The average Bonchev–Trinajstić information content (AvgIpc) is 3.15. The summed E-state index contributed by atoms with van der Waals surface area (Å²) < 4.78 is 46.6. The zero-order valence-corrected chi connectivity index (χ0v) is 16.6. The number of ether oxygens (including phenoxy) is 1. The highest BCUT2D eigenvalue weighted by molar-refractivity contribution is 6.28. The molecule has 1 aromatic carbocycles. The number of nitrogens with zero attached hydrogens (tertiary/aromatic N) is 5. The summed E-state index contributed by atoms with van der Waals surface area (Å²) >= 11 is 5.95. The fourth-order valence-electron chi connectivity index (χ4n) is 2.91. The standard InChI is InChI=1S/C20H15ClF3N5O/c1-11(2)29-10-15(20(22,23)24)27-17(29)12-5-7-13(8-6-12)30-18-16-14(4-3-9-25-16)26-19(21)28-18/h3-11H,1-2H3. The molecule has 154 valence electrons. The van der Waals surface area contributed by atoms with Gasteiger partial charge < -0.3 is 9.30 Å². The van der Waals surface area contributed by atoms with Crippen LogP contribution in [-0.4, -0.2) is 24.5 Å². The van der Waals surface area contributed by atoms with Gasteiger partial charge in [0.15, 0.2) is 11.2 Å². The number of hydrogen-bond donors (Lipinski definition) is 0. The van der Waals surface area contributed by atoms with Gasteiger partial charge in [-0.3, -0.25) is 0 Å². The van der Waals surface area contributed by atoms with E-state index < -0.39 is 11.9 Å².